The predicted octanol–water partition coefficient (Wildman–Crippen LogP) is -0.294. The van der Waals surface area contributed by atoms with E-state index in [0.29, 0.717) is 0 Å². The molecule has 0 radical (unpaired) electrons. The van der Waals surface area contributed by atoms with E-state index in [4.69, 9.17) is 4.74 Å². The zero-order valence-electron chi connectivity index (χ0n) is 10.6. The van der Waals surface area contributed by atoms with Gasteiger partial charge in [-0.2, -0.15) is 0 Å². The number of carbonyl (C=O) groups is 3. The molecule has 0 aromatic heterocycles. The molecule has 0 unspecified atom stereocenters. The number of amides is 2. The molecule has 0 aromatic carbocycles. The van der Waals surface area contributed by atoms with Gasteiger partial charge in [0.25, 0.3) is 0 Å². The molecule has 2 amide bonds. The van der Waals surface area contributed by atoms with Crippen molar-refractivity contribution in [2.45, 2.75) is 6.92 Å². The van der Waals surface area contributed by atoms with Gasteiger partial charge in [0.05, 0.1) is 13.7 Å². The Labute approximate surface area is 100 Å². The van der Waals surface area contributed by atoms with Crippen LogP contribution in [-0.2, 0) is 19.1 Å². The topological polar surface area (TPSA) is 76.2 Å². The number of hydrogen-bond donors (Lipinski definition) is 0. The molecule has 0 aliphatic rings. The van der Waals surface area contributed by atoms with Crippen molar-refractivity contribution in [1.82, 2.24) is 9.80 Å². The third kappa shape index (κ3) is 5.74. The summed E-state index contributed by atoms with van der Waals surface area (Å²) in [6, 6.07) is 0. The van der Waals surface area contributed by atoms with Crippen molar-refractivity contribution >= 4 is 18.0 Å². The molecule has 17 heavy (non-hydrogen) atoms. The SMILES string of the molecule is CCOC(=O)CN(C)C(=O)CN(C)C(=O)OC. The molecule has 0 aliphatic carbocycles. The third-order valence-electron chi connectivity index (χ3n) is 1.96. The Morgan fingerprint density at radius 3 is 2.12 bits per heavy atom. The Balaban J connectivity index is 4.13. The van der Waals surface area contributed by atoms with Crippen LogP contribution in [0.15, 0.2) is 0 Å². The summed E-state index contributed by atoms with van der Waals surface area (Å²) < 4.78 is 9.14. The largest absolute Gasteiger partial charge is 0.465 e. The van der Waals surface area contributed by atoms with Gasteiger partial charge in [-0.1, -0.05) is 0 Å². The molecule has 0 N–H and O–H groups in total. The zero-order chi connectivity index (χ0) is 13.4. The molecule has 0 heterocycles. The van der Waals surface area contributed by atoms with E-state index in [1.807, 2.05) is 0 Å². The van der Waals surface area contributed by atoms with Crippen molar-refractivity contribution in [1.29, 1.82) is 0 Å². The lowest BCUT2D eigenvalue weighted by Gasteiger charge is -2.20. The summed E-state index contributed by atoms with van der Waals surface area (Å²) in [5.74, 6) is -0.852. The molecular formula is C10H18N2O5. The summed E-state index contributed by atoms with van der Waals surface area (Å²) in [5.41, 5.74) is 0. The fourth-order valence-corrected chi connectivity index (χ4v) is 1.03. The van der Waals surface area contributed by atoms with Crippen LogP contribution in [0, 0.1) is 0 Å². The average Bonchev–Trinajstić information content (AvgIpc) is 2.27. The first-order valence-electron chi connectivity index (χ1n) is 5.11. The number of carbonyl (C=O) groups excluding carboxylic acids is 3. The minimum atomic E-state index is -0.608. The Hall–Kier alpha value is -1.79. The summed E-state index contributed by atoms with van der Waals surface area (Å²) >= 11 is 0. The van der Waals surface area contributed by atoms with Gasteiger partial charge < -0.3 is 19.3 Å². The van der Waals surface area contributed by atoms with Gasteiger partial charge in [-0.25, -0.2) is 4.79 Å². The van der Waals surface area contributed by atoms with E-state index in [-0.39, 0.29) is 25.6 Å². The van der Waals surface area contributed by atoms with Gasteiger partial charge in [0, 0.05) is 14.1 Å². The third-order valence-corrected chi connectivity index (χ3v) is 1.96. The fraction of sp³-hybridized carbons (Fsp3) is 0.700. The average molecular weight is 246 g/mol. The Morgan fingerprint density at radius 2 is 1.65 bits per heavy atom. The number of likely N-dealkylation sites (N-methyl/N-ethyl adjacent to an activating group) is 2. The molecule has 0 bridgehead atoms. The van der Waals surface area contributed by atoms with E-state index in [1.54, 1.807) is 6.92 Å². The highest BCUT2D eigenvalue weighted by Crippen LogP contribution is 1.93. The Kier molecular flexibility index (Phi) is 6.69. The maximum absolute atomic E-state index is 11.6. The summed E-state index contributed by atoms with van der Waals surface area (Å²) in [4.78, 5) is 36.0. The lowest BCUT2D eigenvalue weighted by atomic mass is 10.4. The van der Waals surface area contributed by atoms with Gasteiger partial charge in [-0.15, -0.1) is 0 Å². The minimum absolute atomic E-state index is 0.137. The van der Waals surface area contributed by atoms with E-state index in [1.165, 1.54) is 26.1 Å². The van der Waals surface area contributed by atoms with Gasteiger partial charge >= 0.3 is 12.1 Å². The van der Waals surface area contributed by atoms with Crippen LogP contribution < -0.4 is 0 Å². The number of hydrogen-bond acceptors (Lipinski definition) is 5. The van der Waals surface area contributed by atoms with Crippen molar-refractivity contribution in [3.05, 3.63) is 0 Å². The number of methoxy groups -OCH3 is 1. The van der Waals surface area contributed by atoms with Crippen LogP contribution in [0.3, 0.4) is 0 Å². The standard InChI is InChI=1S/C10H18N2O5/c1-5-17-9(14)7-11(2)8(13)6-12(3)10(15)16-4/h5-7H2,1-4H3. The molecule has 0 fully saturated rings. The molecule has 0 atom stereocenters. The number of nitrogens with zero attached hydrogens (tertiary/aromatic N) is 2. The van der Waals surface area contributed by atoms with Crippen LogP contribution in [0.1, 0.15) is 6.92 Å². The molecule has 7 heteroatoms. The predicted molar refractivity (Wildman–Crippen MR) is 59.3 cm³/mol. The van der Waals surface area contributed by atoms with E-state index in [2.05, 4.69) is 4.74 Å². The quantitative estimate of drug-likeness (QED) is 0.623. The van der Waals surface area contributed by atoms with Gasteiger partial charge in [0.15, 0.2) is 0 Å². The van der Waals surface area contributed by atoms with Crippen molar-refractivity contribution < 1.29 is 23.9 Å². The fourth-order valence-electron chi connectivity index (χ4n) is 1.03. The smallest absolute Gasteiger partial charge is 0.409 e. The number of esters is 1. The molecule has 0 saturated carbocycles. The van der Waals surface area contributed by atoms with Gasteiger partial charge in [-0.05, 0) is 6.92 Å². The second kappa shape index (κ2) is 7.48. The van der Waals surface area contributed by atoms with Gasteiger partial charge in [0.1, 0.15) is 13.1 Å². The Morgan fingerprint density at radius 1 is 1.06 bits per heavy atom. The van der Waals surface area contributed by atoms with Crippen LogP contribution in [0.5, 0.6) is 0 Å². The van der Waals surface area contributed by atoms with Crippen LogP contribution in [-0.4, -0.2) is 68.7 Å². The first-order valence-corrected chi connectivity index (χ1v) is 5.11. The molecular weight excluding hydrogens is 228 g/mol. The van der Waals surface area contributed by atoms with Gasteiger partial charge in [0.2, 0.25) is 5.91 Å². The van der Waals surface area contributed by atoms with Gasteiger partial charge in [-0.3, -0.25) is 9.59 Å². The maximum Gasteiger partial charge on any atom is 0.409 e. The maximum atomic E-state index is 11.6. The van der Waals surface area contributed by atoms with Crippen LogP contribution in [0.4, 0.5) is 4.79 Å². The van der Waals surface area contributed by atoms with Crippen molar-refractivity contribution in [2.75, 3.05) is 40.9 Å². The van der Waals surface area contributed by atoms with Crippen molar-refractivity contribution in [3.8, 4) is 0 Å². The lowest BCUT2D eigenvalue weighted by molar-refractivity contribution is -0.148. The summed E-state index contributed by atoms with van der Waals surface area (Å²) in [5, 5.41) is 0. The second-order valence-electron chi connectivity index (χ2n) is 3.38. The zero-order valence-corrected chi connectivity index (χ0v) is 10.6. The van der Waals surface area contributed by atoms with Crippen LogP contribution in [0.25, 0.3) is 0 Å². The monoisotopic (exact) mass is 246 g/mol. The number of ether oxygens (including phenoxy) is 2. The van der Waals surface area contributed by atoms with Crippen LogP contribution in [0.2, 0.25) is 0 Å². The molecule has 0 spiro atoms. The highest BCUT2D eigenvalue weighted by Gasteiger charge is 2.18. The first kappa shape index (κ1) is 15.2. The second-order valence-corrected chi connectivity index (χ2v) is 3.38. The molecule has 7 nitrogen and oxygen atoms in total. The summed E-state index contributed by atoms with van der Waals surface area (Å²) in [6.07, 6.45) is -0.608. The summed E-state index contributed by atoms with van der Waals surface area (Å²) in [6.45, 7) is 1.66. The van der Waals surface area contributed by atoms with Crippen molar-refractivity contribution in [2.24, 2.45) is 0 Å². The highest BCUT2D eigenvalue weighted by molar-refractivity contribution is 5.85. The van der Waals surface area contributed by atoms with E-state index >= 15 is 0 Å². The van der Waals surface area contributed by atoms with E-state index in [9.17, 15) is 14.4 Å². The molecule has 0 rings (SSSR count). The minimum Gasteiger partial charge on any atom is -0.465 e. The van der Waals surface area contributed by atoms with Crippen molar-refractivity contribution in [3.63, 3.8) is 0 Å². The molecule has 0 aliphatic heterocycles. The highest BCUT2D eigenvalue weighted by atomic mass is 16.5. The number of rotatable bonds is 5. The molecule has 0 aromatic rings. The van der Waals surface area contributed by atoms with E-state index < -0.39 is 12.1 Å². The van der Waals surface area contributed by atoms with Crippen LogP contribution >= 0.6 is 0 Å². The van der Waals surface area contributed by atoms with E-state index in [0.717, 1.165) is 4.90 Å². The summed E-state index contributed by atoms with van der Waals surface area (Å²) in [7, 11) is 4.12. The Bertz CT molecular complexity index is 292. The first-order chi connectivity index (χ1) is 7.92. The lowest BCUT2D eigenvalue weighted by Crippen LogP contribution is -2.41. The molecule has 0 saturated heterocycles. The molecule has 98 valence electrons. The normalized spacial score (nSPS) is 9.41.